The Hall–Kier alpha value is -2.70. The van der Waals surface area contributed by atoms with E-state index in [1.807, 2.05) is 23.2 Å². The third kappa shape index (κ3) is 3.75. The molecule has 2 aromatic rings. The van der Waals surface area contributed by atoms with Gasteiger partial charge in [0.2, 0.25) is 11.9 Å². The second kappa shape index (κ2) is 8.44. The molecule has 3 heterocycles. The number of fused-ring (bicyclic) bond motifs is 3. The standard InChI is InChI=1S/C24H30N4O3/c29-24(18-6-2-1-3-7-18)26-12-10-17(11-13-26)21(28(30)31)14-22-19-8-4-5-9-20(19)23-15-25-16-27(22)23/h4-5,8-9,15-18,21-22H,1-3,6-7,10-14H2. The Kier molecular flexibility index (Phi) is 5.50. The van der Waals surface area contributed by atoms with Crippen LogP contribution in [-0.4, -0.2) is 44.4 Å². The van der Waals surface area contributed by atoms with E-state index in [-0.39, 0.29) is 28.7 Å². The predicted octanol–water partition coefficient (Wildman–Crippen LogP) is 4.31. The maximum absolute atomic E-state index is 12.9. The molecule has 3 aliphatic rings. The second-order valence-corrected chi connectivity index (χ2v) is 9.38. The van der Waals surface area contributed by atoms with E-state index in [9.17, 15) is 14.9 Å². The van der Waals surface area contributed by atoms with Crippen molar-refractivity contribution in [3.8, 4) is 11.3 Å². The second-order valence-electron chi connectivity index (χ2n) is 9.38. The SMILES string of the molecule is O=C(C1CCCCC1)N1CCC(C(CC2c3ccccc3-c3cncn32)[N+](=O)[O-])CC1. The molecule has 1 amide bonds. The average Bonchev–Trinajstić information content (AvgIpc) is 3.39. The zero-order valence-corrected chi connectivity index (χ0v) is 17.9. The number of likely N-dealkylation sites (tertiary alicyclic amines) is 1. The van der Waals surface area contributed by atoms with Gasteiger partial charge in [0.05, 0.1) is 24.3 Å². The maximum atomic E-state index is 12.9. The fourth-order valence-corrected chi connectivity index (χ4v) is 5.96. The molecule has 2 atom stereocenters. The summed E-state index contributed by atoms with van der Waals surface area (Å²) in [6.45, 7) is 1.31. The fraction of sp³-hybridized carbons (Fsp3) is 0.583. The van der Waals surface area contributed by atoms with Crippen molar-refractivity contribution in [3.05, 3.63) is 52.5 Å². The number of piperidine rings is 1. The molecule has 7 nitrogen and oxygen atoms in total. The number of nitro groups is 1. The quantitative estimate of drug-likeness (QED) is 0.531. The zero-order chi connectivity index (χ0) is 21.4. The summed E-state index contributed by atoms with van der Waals surface area (Å²) in [6.07, 6.45) is 11.1. The number of hydrogen-bond donors (Lipinski definition) is 0. The van der Waals surface area contributed by atoms with Crippen LogP contribution in [0.5, 0.6) is 0 Å². The van der Waals surface area contributed by atoms with Crippen molar-refractivity contribution in [3.63, 3.8) is 0 Å². The molecule has 0 bridgehead atoms. The lowest BCUT2D eigenvalue weighted by Crippen LogP contribution is -2.45. The van der Waals surface area contributed by atoms with Crippen LogP contribution in [-0.2, 0) is 4.79 Å². The fourth-order valence-electron chi connectivity index (χ4n) is 5.96. The van der Waals surface area contributed by atoms with Gasteiger partial charge in [-0.15, -0.1) is 0 Å². The van der Waals surface area contributed by atoms with Gasteiger partial charge in [0, 0.05) is 41.8 Å². The van der Waals surface area contributed by atoms with Gasteiger partial charge in [0.15, 0.2) is 0 Å². The lowest BCUT2D eigenvalue weighted by molar-refractivity contribution is -0.535. The third-order valence-corrected chi connectivity index (χ3v) is 7.68. The van der Waals surface area contributed by atoms with Gasteiger partial charge in [-0.05, 0) is 31.2 Å². The van der Waals surface area contributed by atoms with Gasteiger partial charge in [-0.2, -0.15) is 0 Å². The molecule has 164 valence electrons. The van der Waals surface area contributed by atoms with E-state index < -0.39 is 6.04 Å². The minimum atomic E-state index is -0.613. The number of carbonyl (C=O) groups is 1. The Morgan fingerprint density at radius 2 is 1.87 bits per heavy atom. The van der Waals surface area contributed by atoms with E-state index >= 15 is 0 Å². The van der Waals surface area contributed by atoms with Crippen LogP contribution in [0.3, 0.4) is 0 Å². The van der Waals surface area contributed by atoms with E-state index in [1.54, 1.807) is 6.33 Å². The number of benzene rings is 1. The first kappa shape index (κ1) is 20.2. The molecule has 31 heavy (non-hydrogen) atoms. The average molecular weight is 423 g/mol. The molecule has 1 saturated carbocycles. The highest BCUT2D eigenvalue weighted by molar-refractivity contribution is 5.79. The van der Waals surface area contributed by atoms with Gasteiger partial charge < -0.3 is 9.47 Å². The van der Waals surface area contributed by atoms with Crippen molar-refractivity contribution < 1.29 is 9.72 Å². The number of amides is 1. The molecule has 5 rings (SSSR count). The first-order chi connectivity index (χ1) is 15.1. The van der Waals surface area contributed by atoms with Crippen LogP contribution in [0.2, 0.25) is 0 Å². The van der Waals surface area contributed by atoms with E-state index in [4.69, 9.17) is 0 Å². The van der Waals surface area contributed by atoms with Gasteiger partial charge in [-0.3, -0.25) is 14.9 Å². The molecule has 7 heteroatoms. The molecule has 0 radical (unpaired) electrons. The molecule has 0 N–H and O–H groups in total. The van der Waals surface area contributed by atoms with E-state index in [0.29, 0.717) is 19.5 Å². The number of carbonyl (C=O) groups excluding carboxylic acids is 1. The van der Waals surface area contributed by atoms with Crippen molar-refractivity contribution in [1.82, 2.24) is 14.5 Å². The molecule has 1 aromatic heterocycles. The summed E-state index contributed by atoms with van der Waals surface area (Å²) < 4.78 is 2.09. The van der Waals surface area contributed by atoms with Crippen LogP contribution in [0, 0.1) is 22.0 Å². The molecule has 2 unspecified atom stereocenters. The number of aromatic nitrogens is 2. The summed E-state index contributed by atoms with van der Waals surface area (Å²) in [5.41, 5.74) is 3.31. The van der Waals surface area contributed by atoms with E-state index in [1.165, 1.54) is 6.42 Å². The lowest BCUT2D eigenvalue weighted by atomic mass is 9.83. The van der Waals surface area contributed by atoms with Crippen LogP contribution >= 0.6 is 0 Å². The van der Waals surface area contributed by atoms with Gasteiger partial charge in [-0.25, -0.2) is 4.98 Å². The Morgan fingerprint density at radius 1 is 1.13 bits per heavy atom. The Balaban J connectivity index is 1.27. The summed E-state index contributed by atoms with van der Waals surface area (Å²) in [5.74, 6) is 0.458. The smallest absolute Gasteiger partial charge is 0.225 e. The van der Waals surface area contributed by atoms with Crippen molar-refractivity contribution in [1.29, 1.82) is 0 Å². The van der Waals surface area contributed by atoms with Crippen molar-refractivity contribution >= 4 is 5.91 Å². The molecule has 1 aliphatic carbocycles. The van der Waals surface area contributed by atoms with Gasteiger partial charge in [0.25, 0.3) is 0 Å². The summed E-state index contributed by atoms with van der Waals surface area (Å²) in [4.78, 5) is 31.2. The molecular weight excluding hydrogens is 392 g/mol. The van der Waals surface area contributed by atoms with Crippen LogP contribution in [0.4, 0.5) is 0 Å². The summed E-state index contributed by atoms with van der Waals surface area (Å²) in [5, 5.41) is 12.1. The van der Waals surface area contributed by atoms with Gasteiger partial charge >= 0.3 is 0 Å². The summed E-state index contributed by atoms with van der Waals surface area (Å²) in [7, 11) is 0. The van der Waals surface area contributed by atoms with Crippen molar-refractivity contribution in [2.24, 2.45) is 11.8 Å². The zero-order valence-electron chi connectivity index (χ0n) is 17.9. The van der Waals surface area contributed by atoms with Gasteiger partial charge in [0.1, 0.15) is 0 Å². The van der Waals surface area contributed by atoms with Gasteiger partial charge in [-0.1, -0.05) is 43.5 Å². The summed E-state index contributed by atoms with van der Waals surface area (Å²) in [6, 6.07) is 7.49. The van der Waals surface area contributed by atoms with Crippen LogP contribution in [0.1, 0.15) is 63.0 Å². The van der Waals surface area contributed by atoms with Crippen molar-refractivity contribution in [2.45, 2.75) is 63.5 Å². The Bertz CT molecular complexity index is 957. The van der Waals surface area contributed by atoms with Crippen LogP contribution < -0.4 is 0 Å². The lowest BCUT2D eigenvalue weighted by Gasteiger charge is -2.36. The molecule has 2 fully saturated rings. The first-order valence-electron chi connectivity index (χ1n) is 11.7. The van der Waals surface area contributed by atoms with Crippen LogP contribution in [0.15, 0.2) is 36.8 Å². The Labute approximate surface area is 182 Å². The first-order valence-corrected chi connectivity index (χ1v) is 11.7. The molecular formula is C24H30N4O3. The topological polar surface area (TPSA) is 81.3 Å². The van der Waals surface area contributed by atoms with E-state index in [0.717, 1.165) is 55.3 Å². The van der Waals surface area contributed by atoms with Crippen LogP contribution in [0.25, 0.3) is 11.3 Å². The molecule has 1 aromatic carbocycles. The highest BCUT2D eigenvalue weighted by atomic mass is 16.6. The highest BCUT2D eigenvalue weighted by Gasteiger charge is 2.40. The monoisotopic (exact) mass is 422 g/mol. The Morgan fingerprint density at radius 3 is 2.61 bits per heavy atom. The normalized spacial score (nSPS) is 22.7. The minimum absolute atomic E-state index is 0.00476. The van der Waals surface area contributed by atoms with E-state index in [2.05, 4.69) is 21.7 Å². The van der Waals surface area contributed by atoms with Crippen molar-refractivity contribution in [2.75, 3.05) is 13.1 Å². The number of nitrogens with zero attached hydrogens (tertiary/aromatic N) is 4. The summed E-state index contributed by atoms with van der Waals surface area (Å²) >= 11 is 0. The molecule has 0 spiro atoms. The largest absolute Gasteiger partial charge is 0.342 e. The number of hydrogen-bond acceptors (Lipinski definition) is 4. The predicted molar refractivity (Wildman–Crippen MR) is 117 cm³/mol. The minimum Gasteiger partial charge on any atom is -0.342 e. The third-order valence-electron chi connectivity index (χ3n) is 7.68. The maximum Gasteiger partial charge on any atom is 0.225 e. The number of imidazole rings is 1. The molecule has 1 saturated heterocycles. The highest BCUT2D eigenvalue weighted by Crippen LogP contribution is 2.42. The molecule has 2 aliphatic heterocycles. The number of rotatable bonds is 5.